The van der Waals surface area contributed by atoms with Crippen LogP contribution in [0.1, 0.15) is 44.1 Å². The van der Waals surface area contributed by atoms with Crippen LogP contribution in [0.2, 0.25) is 0 Å². The van der Waals surface area contributed by atoms with E-state index in [-0.39, 0.29) is 23.7 Å². The summed E-state index contributed by atoms with van der Waals surface area (Å²) in [5.74, 6) is 1.20. The summed E-state index contributed by atoms with van der Waals surface area (Å²) >= 11 is 0. The number of esters is 1. The van der Waals surface area contributed by atoms with Crippen molar-refractivity contribution in [1.29, 1.82) is 0 Å². The number of carbonyl (C=O) groups is 1. The Morgan fingerprint density at radius 1 is 1.26 bits per heavy atom. The van der Waals surface area contributed by atoms with Crippen molar-refractivity contribution in [3.8, 4) is 5.75 Å². The predicted octanol–water partition coefficient (Wildman–Crippen LogP) is 3.23. The molecule has 4 unspecified atom stereocenters. The van der Waals surface area contributed by atoms with Gasteiger partial charge in [-0.05, 0) is 62.1 Å². The fourth-order valence-electron chi connectivity index (χ4n) is 3.48. The minimum absolute atomic E-state index is 0.136. The summed E-state index contributed by atoms with van der Waals surface area (Å²) in [5.41, 5.74) is 0.894. The minimum Gasteiger partial charge on any atom is -0.508 e. The second-order valence-corrected chi connectivity index (χ2v) is 5.96. The lowest BCUT2D eigenvalue weighted by Gasteiger charge is -2.23. The highest BCUT2D eigenvalue weighted by Crippen LogP contribution is 2.46. The van der Waals surface area contributed by atoms with E-state index in [1.807, 2.05) is 6.92 Å². The largest absolute Gasteiger partial charge is 0.508 e. The number of phenolic OH excluding ortho intramolecular Hbond substituents is 1. The first kappa shape index (κ1) is 12.5. The maximum absolute atomic E-state index is 12.2. The van der Waals surface area contributed by atoms with Crippen LogP contribution in [-0.2, 0) is 9.53 Å². The van der Waals surface area contributed by atoms with Crippen LogP contribution in [0.15, 0.2) is 24.3 Å². The molecular formula is C16H20O3. The number of hydrogen-bond acceptors (Lipinski definition) is 3. The number of ether oxygens (including phenoxy) is 1. The molecule has 2 saturated carbocycles. The van der Waals surface area contributed by atoms with Crippen LogP contribution in [0.4, 0.5) is 0 Å². The molecule has 3 nitrogen and oxygen atoms in total. The molecule has 2 aliphatic rings. The van der Waals surface area contributed by atoms with Gasteiger partial charge in [0.1, 0.15) is 11.9 Å². The van der Waals surface area contributed by atoms with Crippen molar-refractivity contribution < 1.29 is 14.6 Å². The van der Waals surface area contributed by atoms with Crippen molar-refractivity contribution in [2.45, 2.75) is 44.6 Å². The van der Waals surface area contributed by atoms with Crippen LogP contribution in [0.25, 0.3) is 0 Å². The van der Waals surface area contributed by atoms with Gasteiger partial charge in [-0.15, -0.1) is 0 Å². The van der Waals surface area contributed by atoms with E-state index in [1.54, 1.807) is 24.3 Å². The van der Waals surface area contributed by atoms with E-state index in [0.29, 0.717) is 5.92 Å². The molecule has 0 aromatic heterocycles. The highest BCUT2D eigenvalue weighted by atomic mass is 16.5. The maximum atomic E-state index is 12.2. The molecule has 2 bridgehead atoms. The Balaban J connectivity index is 1.62. The molecule has 1 N–H and O–H groups in total. The molecule has 0 heterocycles. The van der Waals surface area contributed by atoms with Crippen LogP contribution < -0.4 is 0 Å². The number of hydrogen-bond donors (Lipinski definition) is 1. The topological polar surface area (TPSA) is 46.5 Å². The van der Waals surface area contributed by atoms with Crippen molar-refractivity contribution in [1.82, 2.24) is 0 Å². The standard InChI is InChI=1S/C16H20O3/c1-10(12-4-6-14(17)7-5-12)16(18)19-15-9-11-2-3-13(15)8-11/h4-7,10-11,13,15,17H,2-3,8-9H2,1H3. The highest BCUT2D eigenvalue weighted by Gasteiger charge is 2.42. The van der Waals surface area contributed by atoms with E-state index < -0.39 is 0 Å². The molecule has 4 atom stereocenters. The van der Waals surface area contributed by atoms with Gasteiger partial charge in [-0.3, -0.25) is 4.79 Å². The fraction of sp³-hybridized carbons (Fsp3) is 0.562. The van der Waals surface area contributed by atoms with Gasteiger partial charge in [-0.25, -0.2) is 0 Å². The van der Waals surface area contributed by atoms with E-state index in [0.717, 1.165) is 17.9 Å². The number of aromatic hydroxyl groups is 1. The van der Waals surface area contributed by atoms with Crippen molar-refractivity contribution in [2.75, 3.05) is 0 Å². The highest BCUT2D eigenvalue weighted by molar-refractivity contribution is 5.78. The Bertz CT molecular complexity index is 465. The second-order valence-electron chi connectivity index (χ2n) is 5.96. The Hall–Kier alpha value is -1.51. The molecule has 0 saturated heterocycles. The lowest BCUT2D eigenvalue weighted by molar-refractivity contribution is -0.153. The average molecular weight is 260 g/mol. The summed E-state index contributed by atoms with van der Waals surface area (Å²) in [6.07, 6.45) is 4.97. The van der Waals surface area contributed by atoms with Gasteiger partial charge < -0.3 is 9.84 Å². The number of rotatable bonds is 3. The number of phenols is 1. The molecular weight excluding hydrogens is 240 g/mol. The maximum Gasteiger partial charge on any atom is 0.313 e. The average Bonchev–Trinajstić information content (AvgIpc) is 3.01. The first-order valence-electron chi connectivity index (χ1n) is 7.13. The molecule has 0 aliphatic heterocycles. The van der Waals surface area contributed by atoms with Crippen LogP contribution in [0.5, 0.6) is 5.75 Å². The molecule has 0 radical (unpaired) electrons. The molecule has 0 amide bonds. The lowest BCUT2D eigenvalue weighted by Crippen LogP contribution is -2.26. The van der Waals surface area contributed by atoms with E-state index in [9.17, 15) is 9.90 Å². The molecule has 2 aliphatic carbocycles. The first-order valence-corrected chi connectivity index (χ1v) is 7.13. The summed E-state index contributed by atoms with van der Waals surface area (Å²) in [4.78, 5) is 12.2. The molecule has 3 heteroatoms. The van der Waals surface area contributed by atoms with E-state index in [2.05, 4.69) is 0 Å². The molecule has 0 spiro atoms. The normalized spacial score (nSPS) is 30.3. The zero-order valence-corrected chi connectivity index (χ0v) is 11.2. The third kappa shape index (κ3) is 2.46. The van der Waals surface area contributed by atoms with Crippen molar-refractivity contribution in [3.05, 3.63) is 29.8 Å². The summed E-state index contributed by atoms with van der Waals surface area (Å²) in [5, 5.41) is 9.26. The Morgan fingerprint density at radius 3 is 2.58 bits per heavy atom. The predicted molar refractivity (Wildman–Crippen MR) is 71.8 cm³/mol. The second kappa shape index (κ2) is 4.87. The van der Waals surface area contributed by atoms with E-state index >= 15 is 0 Å². The van der Waals surface area contributed by atoms with Crippen LogP contribution in [-0.4, -0.2) is 17.2 Å². The van der Waals surface area contributed by atoms with Crippen molar-refractivity contribution in [3.63, 3.8) is 0 Å². The van der Waals surface area contributed by atoms with Gasteiger partial charge in [-0.1, -0.05) is 12.1 Å². The first-order chi connectivity index (χ1) is 9.13. The third-order valence-corrected chi connectivity index (χ3v) is 4.69. The monoisotopic (exact) mass is 260 g/mol. The number of carbonyl (C=O) groups excluding carboxylic acids is 1. The van der Waals surface area contributed by atoms with Gasteiger partial charge in [0.25, 0.3) is 0 Å². The molecule has 19 heavy (non-hydrogen) atoms. The summed E-state index contributed by atoms with van der Waals surface area (Å²) in [6, 6.07) is 6.78. The SMILES string of the molecule is CC(C(=O)OC1CC2CCC1C2)c1ccc(O)cc1. The van der Waals surface area contributed by atoms with Gasteiger partial charge in [0.15, 0.2) is 0 Å². The molecule has 102 valence electrons. The molecule has 3 rings (SSSR count). The zero-order chi connectivity index (χ0) is 13.4. The van der Waals surface area contributed by atoms with Crippen molar-refractivity contribution in [2.24, 2.45) is 11.8 Å². The van der Waals surface area contributed by atoms with Gasteiger partial charge in [0, 0.05) is 0 Å². The van der Waals surface area contributed by atoms with Gasteiger partial charge >= 0.3 is 5.97 Å². The number of benzene rings is 1. The van der Waals surface area contributed by atoms with Gasteiger partial charge in [-0.2, -0.15) is 0 Å². The van der Waals surface area contributed by atoms with E-state index in [4.69, 9.17) is 4.74 Å². The van der Waals surface area contributed by atoms with Crippen LogP contribution in [0.3, 0.4) is 0 Å². The fourth-order valence-corrected chi connectivity index (χ4v) is 3.48. The quantitative estimate of drug-likeness (QED) is 0.849. The van der Waals surface area contributed by atoms with Crippen LogP contribution >= 0.6 is 0 Å². The smallest absolute Gasteiger partial charge is 0.313 e. The molecule has 1 aromatic rings. The van der Waals surface area contributed by atoms with Crippen LogP contribution in [0, 0.1) is 11.8 Å². The summed E-state index contributed by atoms with van der Waals surface area (Å²) in [6.45, 7) is 1.86. The van der Waals surface area contributed by atoms with Gasteiger partial charge in [0.05, 0.1) is 5.92 Å². The zero-order valence-electron chi connectivity index (χ0n) is 11.2. The molecule has 1 aromatic carbocycles. The minimum atomic E-state index is -0.264. The third-order valence-electron chi connectivity index (χ3n) is 4.69. The Labute approximate surface area is 113 Å². The van der Waals surface area contributed by atoms with Gasteiger partial charge in [0.2, 0.25) is 0 Å². The lowest BCUT2D eigenvalue weighted by atomic mass is 9.97. The molecule has 2 fully saturated rings. The Kier molecular flexibility index (Phi) is 3.21. The van der Waals surface area contributed by atoms with Crippen molar-refractivity contribution >= 4 is 5.97 Å². The van der Waals surface area contributed by atoms with E-state index in [1.165, 1.54) is 19.3 Å². The number of fused-ring (bicyclic) bond motifs is 2. The summed E-state index contributed by atoms with van der Waals surface area (Å²) < 4.78 is 5.69. The Morgan fingerprint density at radius 2 is 2.00 bits per heavy atom. The summed E-state index contributed by atoms with van der Waals surface area (Å²) in [7, 11) is 0.